The molecule has 0 unspecified atom stereocenters. The van der Waals surface area contributed by atoms with Gasteiger partial charge in [0.1, 0.15) is 12.0 Å². The molecule has 3 aromatic heterocycles. The van der Waals surface area contributed by atoms with Gasteiger partial charge in [-0.25, -0.2) is 15.0 Å². The van der Waals surface area contributed by atoms with Crippen LogP contribution < -0.4 is 11.1 Å². The fraction of sp³-hybridized carbons (Fsp3) is 0. The van der Waals surface area contributed by atoms with Crippen LogP contribution in [0.3, 0.4) is 0 Å². The first kappa shape index (κ1) is 15.9. The van der Waals surface area contributed by atoms with Crippen molar-refractivity contribution in [3.05, 3.63) is 65.7 Å². The van der Waals surface area contributed by atoms with Gasteiger partial charge in [0.25, 0.3) is 11.8 Å². The summed E-state index contributed by atoms with van der Waals surface area (Å²) in [6, 6.07) is 11.0. The third-order valence-electron chi connectivity index (χ3n) is 3.69. The average molecular weight is 364 g/mol. The Morgan fingerprint density at radius 2 is 1.96 bits per heavy atom. The molecule has 0 aliphatic rings. The topological polar surface area (TPSA) is 115 Å². The van der Waals surface area contributed by atoms with E-state index in [9.17, 15) is 9.59 Å². The van der Waals surface area contributed by atoms with Crippen LogP contribution in [0.2, 0.25) is 0 Å². The van der Waals surface area contributed by atoms with Crippen molar-refractivity contribution in [2.45, 2.75) is 0 Å². The zero-order valence-corrected chi connectivity index (χ0v) is 14.1. The van der Waals surface area contributed by atoms with Crippen molar-refractivity contribution in [1.82, 2.24) is 19.4 Å². The van der Waals surface area contributed by atoms with Crippen LogP contribution in [0.25, 0.3) is 16.9 Å². The summed E-state index contributed by atoms with van der Waals surface area (Å²) in [5, 5.41) is 4.95. The number of imidazole rings is 1. The number of nitrogens with zero attached hydrogens (tertiary/aromatic N) is 4. The Balaban J connectivity index is 1.90. The summed E-state index contributed by atoms with van der Waals surface area (Å²) in [7, 11) is 0. The lowest BCUT2D eigenvalue weighted by Crippen LogP contribution is -2.17. The van der Waals surface area contributed by atoms with Crippen molar-refractivity contribution < 1.29 is 9.59 Å². The summed E-state index contributed by atoms with van der Waals surface area (Å²) in [5.41, 5.74) is 7.22. The molecule has 0 saturated carbocycles. The molecule has 0 aliphatic heterocycles. The van der Waals surface area contributed by atoms with Gasteiger partial charge in [0, 0.05) is 17.1 Å². The minimum absolute atomic E-state index is 0.00563. The molecular weight excluding hydrogens is 352 g/mol. The molecule has 3 heterocycles. The van der Waals surface area contributed by atoms with E-state index >= 15 is 0 Å². The zero-order chi connectivity index (χ0) is 18.1. The molecule has 26 heavy (non-hydrogen) atoms. The summed E-state index contributed by atoms with van der Waals surface area (Å²) < 4.78 is 1.44. The zero-order valence-electron chi connectivity index (χ0n) is 13.3. The second kappa shape index (κ2) is 6.37. The van der Waals surface area contributed by atoms with Crippen molar-refractivity contribution in [3.63, 3.8) is 0 Å². The first-order valence-corrected chi connectivity index (χ1v) is 8.45. The minimum atomic E-state index is -0.712. The molecule has 0 bridgehead atoms. The molecule has 1 aromatic carbocycles. The predicted octanol–water partition coefficient (Wildman–Crippen LogP) is 2.20. The van der Waals surface area contributed by atoms with Gasteiger partial charge in [0.15, 0.2) is 16.5 Å². The lowest BCUT2D eigenvalue weighted by atomic mass is 10.1. The number of primary amides is 1. The minimum Gasteiger partial charge on any atom is -0.364 e. The summed E-state index contributed by atoms with van der Waals surface area (Å²) >= 11 is 1.30. The summed E-state index contributed by atoms with van der Waals surface area (Å²) in [4.78, 5) is 36.9. The number of fused-ring (bicyclic) bond motifs is 1. The van der Waals surface area contributed by atoms with E-state index in [1.807, 2.05) is 30.3 Å². The highest BCUT2D eigenvalue weighted by molar-refractivity contribution is 7.13. The number of anilines is 1. The van der Waals surface area contributed by atoms with Gasteiger partial charge in [-0.15, -0.1) is 11.3 Å². The van der Waals surface area contributed by atoms with Gasteiger partial charge in [0.05, 0.1) is 5.69 Å². The maximum Gasteiger partial charge on any atom is 0.274 e. The van der Waals surface area contributed by atoms with Crippen molar-refractivity contribution in [1.29, 1.82) is 0 Å². The average Bonchev–Trinajstić information content (AvgIpc) is 3.30. The molecule has 8 nitrogen and oxygen atoms in total. The van der Waals surface area contributed by atoms with Crippen LogP contribution in [-0.4, -0.2) is 31.2 Å². The molecule has 0 saturated heterocycles. The number of amides is 2. The second-order valence-corrected chi connectivity index (χ2v) is 6.23. The summed E-state index contributed by atoms with van der Waals surface area (Å²) in [6.45, 7) is 0. The van der Waals surface area contributed by atoms with E-state index in [0.717, 1.165) is 5.56 Å². The van der Waals surface area contributed by atoms with Crippen LogP contribution in [0.15, 0.2) is 54.3 Å². The van der Waals surface area contributed by atoms with Crippen molar-refractivity contribution in [2.24, 2.45) is 5.73 Å². The Bertz CT molecular complexity index is 1110. The van der Waals surface area contributed by atoms with E-state index in [1.165, 1.54) is 22.1 Å². The van der Waals surface area contributed by atoms with Gasteiger partial charge in [-0.3, -0.25) is 19.3 Å². The number of thiazole rings is 1. The van der Waals surface area contributed by atoms with Gasteiger partial charge >= 0.3 is 0 Å². The Labute approximate surface area is 151 Å². The molecule has 4 rings (SSSR count). The SMILES string of the molecule is NC(=O)c1ncn2c(C(=O)Nc3nccs3)cc(-c3ccccc3)nc12. The van der Waals surface area contributed by atoms with Gasteiger partial charge in [-0.05, 0) is 6.07 Å². The molecule has 0 spiro atoms. The Morgan fingerprint density at radius 1 is 1.15 bits per heavy atom. The van der Waals surface area contributed by atoms with Gasteiger partial charge in [-0.2, -0.15) is 0 Å². The number of nitrogens with one attached hydrogen (secondary N) is 1. The second-order valence-electron chi connectivity index (χ2n) is 5.34. The van der Waals surface area contributed by atoms with Crippen molar-refractivity contribution >= 4 is 33.9 Å². The highest BCUT2D eigenvalue weighted by Crippen LogP contribution is 2.22. The van der Waals surface area contributed by atoms with E-state index in [4.69, 9.17) is 5.73 Å². The number of nitrogens with two attached hydrogens (primary N) is 1. The maximum atomic E-state index is 12.8. The third kappa shape index (κ3) is 2.80. The maximum absolute atomic E-state index is 12.8. The fourth-order valence-electron chi connectivity index (χ4n) is 2.52. The van der Waals surface area contributed by atoms with Crippen LogP contribution in [0, 0.1) is 0 Å². The van der Waals surface area contributed by atoms with Crippen LogP contribution in [0.5, 0.6) is 0 Å². The van der Waals surface area contributed by atoms with E-state index in [1.54, 1.807) is 17.6 Å². The Kier molecular flexibility index (Phi) is 3.90. The van der Waals surface area contributed by atoms with E-state index in [-0.39, 0.29) is 17.0 Å². The first-order chi connectivity index (χ1) is 12.6. The van der Waals surface area contributed by atoms with Gasteiger partial charge in [-0.1, -0.05) is 30.3 Å². The van der Waals surface area contributed by atoms with E-state index < -0.39 is 11.8 Å². The number of aromatic nitrogens is 4. The summed E-state index contributed by atoms with van der Waals surface area (Å²) in [6.07, 6.45) is 2.95. The van der Waals surface area contributed by atoms with Gasteiger partial charge in [0.2, 0.25) is 0 Å². The number of hydrogen-bond donors (Lipinski definition) is 2. The molecule has 2 amide bonds. The standard InChI is InChI=1S/C17H12N6O2S/c18-14(24)13-15-21-11(10-4-2-1-3-5-10)8-12(23(15)9-20-13)16(25)22-17-19-6-7-26-17/h1-9H,(H2,18,24)(H,19,22,25). The number of benzene rings is 1. The number of carbonyl (C=O) groups excluding carboxylic acids is 2. The van der Waals surface area contributed by atoms with E-state index in [0.29, 0.717) is 10.8 Å². The molecule has 0 fully saturated rings. The van der Waals surface area contributed by atoms with Crippen molar-refractivity contribution in [3.8, 4) is 11.3 Å². The van der Waals surface area contributed by atoms with Crippen LogP contribution in [0.1, 0.15) is 21.0 Å². The molecule has 0 radical (unpaired) electrons. The first-order valence-electron chi connectivity index (χ1n) is 7.57. The molecule has 4 aromatic rings. The third-order valence-corrected chi connectivity index (χ3v) is 4.38. The highest BCUT2D eigenvalue weighted by Gasteiger charge is 2.20. The quantitative estimate of drug-likeness (QED) is 0.576. The molecule has 9 heteroatoms. The van der Waals surface area contributed by atoms with Crippen molar-refractivity contribution in [2.75, 3.05) is 5.32 Å². The van der Waals surface area contributed by atoms with Crippen LogP contribution in [0.4, 0.5) is 5.13 Å². The van der Waals surface area contributed by atoms with Crippen LogP contribution in [-0.2, 0) is 0 Å². The molecule has 3 N–H and O–H groups in total. The normalized spacial score (nSPS) is 10.8. The Hall–Kier alpha value is -3.59. The molecule has 0 aliphatic carbocycles. The van der Waals surface area contributed by atoms with Crippen LogP contribution >= 0.6 is 11.3 Å². The molecule has 0 atom stereocenters. The fourth-order valence-corrected chi connectivity index (χ4v) is 3.05. The number of rotatable bonds is 4. The highest BCUT2D eigenvalue weighted by atomic mass is 32.1. The smallest absolute Gasteiger partial charge is 0.274 e. The van der Waals surface area contributed by atoms with Gasteiger partial charge < -0.3 is 5.73 Å². The Morgan fingerprint density at radius 3 is 2.65 bits per heavy atom. The lowest BCUT2D eigenvalue weighted by Gasteiger charge is -2.09. The number of carbonyl (C=O) groups is 2. The summed E-state index contributed by atoms with van der Waals surface area (Å²) in [5.74, 6) is -1.10. The molecular formula is C17H12N6O2S. The molecule has 128 valence electrons. The lowest BCUT2D eigenvalue weighted by molar-refractivity contribution is 0.0993. The largest absolute Gasteiger partial charge is 0.364 e. The van der Waals surface area contributed by atoms with E-state index in [2.05, 4.69) is 20.3 Å². The predicted molar refractivity (Wildman–Crippen MR) is 97.0 cm³/mol. The monoisotopic (exact) mass is 364 g/mol. The number of hydrogen-bond acceptors (Lipinski definition) is 6.